The zero-order valence-corrected chi connectivity index (χ0v) is 19.5. The minimum Gasteiger partial charge on any atom is -0.411 e. The summed E-state index contributed by atoms with van der Waals surface area (Å²) in [5, 5.41) is 8.41. The number of thioether (sulfide) groups is 1. The number of hydrogen-bond acceptors (Lipinski definition) is 7. The van der Waals surface area contributed by atoms with Crippen molar-refractivity contribution in [2.24, 2.45) is 0 Å². The summed E-state index contributed by atoms with van der Waals surface area (Å²) < 4.78 is 32.5. The second-order valence-electron chi connectivity index (χ2n) is 8.23. The van der Waals surface area contributed by atoms with Gasteiger partial charge in [-0.2, -0.15) is 4.31 Å². The van der Waals surface area contributed by atoms with Crippen LogP contribution in [0, 0.1) is 0 Å². The van der Waals surface area contributed by atoms with E-state index in [1.54, 1.807) is 24.3 Å². The van der Waals surface area contributed by atoms with Gasteiger partial charge in [0.1, 0.15) is 0 Å². The average molecular weight is 465 g/mol. The number of hydrogen-bond donors (Lipinski definition) is 0. The first kappa shape index (κ1) is 22.3. The normalized spacial score (nSPS) is 22.7. The van der Waals surface area contributed by atoms with Crippen LogP contribution < -0.4 is 0 Å². The number of piperidine rings is 1. The third-order valence-corrected chi connectivity index (χ3v) is 8.73. The number of nitrogens with zero attached hydrogens (tertiary/aromatic N) is 4. The predicted molar refractivity (Wildman–Crippen MR) is 118 cm³/mol. The smallest absolute Gasteiger partial charge is 0.277 e. The largest absolute Gasteiger partial charge is 0.411 e. The molecular formula is C21H28N4O4S2. The molecule has 168 valence electrons. The topological polar surface area (TPSA) is 96.6 Å². The van der Waals surface area contributed by atoms with E-state index in [1.807, 2.05) is 4.90 Å². The predicted octanol–water partition coefficient (Wildman–Crippen LogP) is 3.40. The quantitative estimate of drug-likeness (QED) is 0.605. The fourth-order valence-corrected chi connectivity index (χ4v) is 6.49. The first-order valence-corrected chi connectivity index (χ1v) is 13.2. The van der Waals surface area contributed by atoms with Gasteiger partial charge in [0.2, 0.25) is 21.8 Å². The molecule has 0 bridgehead atoms. The van der Waals surface area contributed by atoms with E-state index in [0.717, 1.165) is 32.1 Å². The fourth-order valence-electron chi connectivity index (χ4n) is 4.34. The first-order valence-electron chi connectivity index (χ1n) is 10.7. The number of benzene rings is 1. The summed E-state index contributed by atoms with van der Waals surface area (Å²) in [7, 11) is -3.45. The molecule has 0 radical (unpaired) electrons. The van der Waals surface area contributed by atoms with Gasteiger partial charge < -0.3 is 9.32 Å². The molecule has 0 aliphatic carbocycles. The van der Waals surface area contributed by atoms with Crippen LogP contribution in [-0.2, 0) is 14.8 Å². The lowest BCUT2D eigenvalue weighted by Gasteiger charge is -2.39. The minimum atomic E-state index is -3.45. The summed E-state index contributed by atoms with van der Waals surface area (Å²) in [6.45, 7) is 5.33. The lowest BCUT2D eigenvalue weighted by atomic mass is 9.98. The second-order valence-corrected chi connectivity index (χ2v) is 11.1. The van der Waals surface area contributed by atoms with Gasteiger partial charge in [0.25, 0.3) is 5.22 Å². The van der Waals surface area contributed by atoms with Gasteiger partial charge in [-0.05, 0) is 70.2 Å². The third-order valence-electron chi connectivity index (χ3n) is 6.01. The van der Waals surface area contributed by atoms with Gasteiger partial charge in [-0.3, -0.25) is 4.79 Å². The Morgan fingerprint density at radius 2 is 1.71 bits per heavy atom. The Bertz CT molecular complexity index is 1010. The van der Waals surface area contributed by atoms with Crippen molar-refractivity contribution in [2.45, 2.75) is 68.2 Å². The van der Waals surface area contributed by atoms with Gasteiger partial charge in [-0.1, -0.05) is 11.8 Å². The number of likely N-dealkylation sites (tertiary alicyclic amines) is 1. The molecule has 3 heterocycles. The van der Waals surface area contributed by atoms with Gasteiger partial charge in [0, 0.05) is 30.7 Å². The van der Waals surface area contributed by atoms with Gasteiger partial charge in [0.05, 0.1) is 10.6 Å². The molecule has 2 aliphatic rings. The van der Waals surface area contributed by atoms with E-state index in [1.165, 1.54) is 16.1 Å². The van der Waals surface area contributed by atoms with Crippen molar-refractivity contribution in [1.82, 2.24) is 19.4 Å². The van der Waals surface area contributed by atoms with E-state index < -0.39 is 10.0 Å². The highest BCUT2D eigenvalue weighted by Crippen LogP contribution is 2.28. The van der Waals surface area contributed by atoms with E-state index in [-0.39, 0.29) is 28.6 Å². The van der Waals surface area contributed by atoms with Crippen LogP contribution in [0.5, 0.6) is 0 Å². The highest BCUT2D eigenvalue weighted by molar-refractivity contribution is 7.99. The van der Waals surface area contributed by atoms with E-state index in [2.05, 4.69) is 24.0 Å². The van der Waals surface area contributed by atoms with Crippen LogP contribution in [0.3, 0.4) is 0 Å². The number of amides is 1. The van der Waals surface area contributed by atoms with Crippen molar-refractivity contribution in [1.29, 1.82) is 0 Å². The SMILES string of the molecule is C[C@@H]1CCC[C@@H](C)N1C(=O)CSc1nnc(-c2ccc(S(=O)(=O)N3CCCC3)cc2)o1. The molecule has 8 nitrogen and oxygen atoms in total. The molecule has 4 rings (SSSR count). The maximum absolute atomic E-state index is 12.7. The molecular weight excluding hydrogens is 436 g/mol. The Hall–Kier alpha value is -1.91. The molecule has 2 aromatic rings. The number of aromatic nitrogens is 2. The fraction of sp³-hybridized carbons (Fsp3) is 0.571. The molecule has 1 aromatic heterocycles. The molecule has 0 spiro atoms. The van der Waals surface area contributed by atoms with Crippen LogP contribution in [0.25, 0.3) is 11.5 Å². The number of sulfonamides is 1. The number of rotatable bonds is 6. The molecule has 2 saturated heterocycles. The third kappa shape index (κ3) is 4.80. The van der Waals surface area contributed by atoms with Crippen LogP contribution in [0.4, 0.5) is 0 Å². The Labute approximate surface area is 187 Å². The van der Waals surface area contributed by atoms with Crippen molar-refractivity contribution in [2.75, 3.05) is 18.8 Å². The van der Waals surface area contributed by atoms with Gasteiger partial charge >= 0.3 is 0 Å². The Kier molecular flexibility index (Phi) is 6.68. The van der Waals surface area contributed by atoms with Crippen molar-refractivity contribution < 1.29 is 17.6 Å². The maximum Gasteiger partial charge on any atom is 0.277 e. The van der Waals surface area contributed by atoms with E-state index in [4.69, 9.17) is 4.42 Å². The second kappa shape index (κ2) is 9.30. The van der Waals surface area contributed by atoms with Crippen LogP contribution in [0.1, 0.15) is 46.0 Å². The maximum atomic E-state index is 12.7. The minimum absolute atomic E-state index is 0.0842. The lowest BCUT2D eigenvalue weighted by Crippen LogP contribution is -2.48. The summed E-state index contributed by atoms with van der Waals surface area (Å²) in [6.07, 6.45) is 5.03. The highest BCUT2D eigenvalue weighted by Gasteiger charge is 2.29. The monoisotopic (exact) mass is 464 g/mol. The van der Waals surface area contributed by atoms with Crippen molar-refractivity contribution in [3.05, 3.63) is 24.3 Å². The molecule has 31 heavy (non-hydrogen) atoms. The summed E-state index contributed by atoms with van der Waals surface area (Å²) in [5.41, 5.74) is 0.643. The van der Waals surface area contributed by atoms with Crippen LogP contribution >= 0.6 is 11.8 Å². The van der Waals surface area contributed by atoms with E-state index in [9.17, 15) is 13.2 Å². The molecule has 0 unspecified atom stereocenters. The zero-order chi connectivity index (χ0) is 22.0. The Balaban J connectivity index is 1.39. The average Bonchev–Trinajstić information content (AvgIpc) is 3.45. The van der Waals surface area contributed by atoms with Crippen molar-refractivity contribution >= 4 is 27.7 Å². The molecule has 2 aliphatic heterocycles. The van der Waals surface area contributed by atoms with Gasteiger partial charge in [0.15, 0.2) is 0 Å². The molecule has 1 aromatic carbocycles. The first-order chi connectivity index (χ1) is 14.9. The highest BCUT2D eigenvalue weighted by atomic mass is 32.2. The van der Waals surface area contributed by atoms with Crippen LogP contribution in [0.15, 0.2) is 38.8 Å². The molecule has 2 fully saturated rings. The summed E-state index contributed by atoms with van der Waals surface area (Å²) in [5.74, 6) is 0.643. The Morgan fingerprint density at radius 3 is 2.35 bits per heavy atom. The molecule has 0 N–H and O–H groups in total. The van der Waals surface area contributed by atoms with Gasteiger partial charge in [-0.25, -0.2) is 8.42 Å². The standard InChI is InChI=1S/C21H28N4O4S2/c1-15-6-5-7-16(2)25(15)19(26)14-30-21-23-22-20(29-21)17-8-10-18(11-9-17)31(27,28)24-12-3-4-13-24/h8-11,15-16H,3-7,12-14H2,1-2H3/t15-,16-/m1/s1. The molecule has 10 heteroatoms. The van der Waals surface area contributed by atoms with Crippen LogP contribution in [0.2, 0.25) is 0 Å². The van der Waals surface area contributed by atoms with E-state index in [0.29, 0.717) is 29.8 Å². The summed E-state index contributed by atoms with van der Waals surface area (Å²) in [6, 6.07) is 7.00. The lowest BCUT2D eigenvalue weighted by molar-refractivity contribution is -0.134. The molecule has 1 amide bonds. The zero-order valence-electron chi connectivity index (χ0n) is 17.9. The van der Waals surface area contributed by atoms with Crippen molar-refractivity contribution in [3.8, 4) is 11.5 Å². The molecule has 2 atom stereocenters. The Morgan fingerprint density at radius 1 is 1.06 bits per heavy atom. The van der Waals surface area contributed by atoms with Crippen LogP contribution in [-0.4, -0.2) is 64.7 Å². The number of carbonyl (C=O) groups excluding carboxylic acids is 1. The van der Waals surface area contributed by atoms with Crippen molar-refractivity contribution in [3.63, 3.8) is 0 Å². The van der Waals surface area contributed by atoms with E-state index >= 15 is 0 Å². The number of carbonyl (C=O) groups is 1. The van der Waals surface area contributed by atoms with Gasteiger partial charge in [-0.15, -0.1) is 10.2 Å². The molecule has 0 saturated carbocycles. The summed E-state index contributed by atoms with van der Waals surface area (Å²) >= 11 is 1.23. The summed E-state index contributed by atoms with van der Waals surface area (Å²) in [4.78, 5) is 14.9.